The number of unbranched alkanes of at least 4 members (excludes halogenated alkanes) is 1. The number of ether oxygens (including phenoxy) is 1. The highest BCUT2D eigenvalue weighted by Crippen LogP contribution is 2.13. The van der Waals surface area contributed by atoms with Gasteiger partial charge in [-0.1, -0.05) is 0 Å². The lowest BCUT2D eigenvalue weighted by atomic mass is 10.2. The number of amides is 2. The number of halogens is 1. The van der Waals surface area contributed by atoms with Crippen LogP contribution in [-0.2, 0) is 4.74 Å². The van der Waals surface area contributed by atoms with Gasteiger partial charge in [-0.15, -0.1) is 0 Å². The average Bonchev–Trinajstić information content (AvgIpc) is 2.53. The number of carbonyl (C=O) groups is 1. The second kappa shape index (κ2) is 8.99. The molecule has 2 rings (SSSR count). The van der Waals surface area contributed by atoms with E-state index in [-0.39, 0.29) is 24.1 Å². The number of nitrogens with zero attached hydrogens (tertiary/aromatic N) is 2. The Morgan fingerprint density at radius 3 is 2.50 bits per heavy atom. The lowest BCUT2D eigenvalue weighted by Crippen LogP contribution is -2.45. The van der Waals surface area contributed by atoms with E-state index in [4.69, 9.17) is 4.74 Å². The summed E-state index contributed by atoms with van der Waals surface area (Å²) in [7, 11) is 1.68. The molecule has 0 unspecified atom stereocenters. The Labute approximate surface area is 143 Å². The van der Waals surface area contributed by atoms with Gasteiger partial charge in [0.25, 0.3) is 0 Å². The summed E-state index contributed by atoms with van der Waals surface area (Å²) < 4.78 is 18.6. The maximum absolute atomic E-state index is 12.9. The summed E-state index contributed by atoms with van der Waals surface area (Å²) in [6.07, 6.45) is 2.55. The summed E-state index contributed by atoms with van der Waals surface area (Å²) >= 11 is 0. The first-order valence-electron chi connectivity index (χ1n) is 8.60. The first kappa shape index (κ1) is 18.7. The van der Waals surface area contributed by atoms with Crippen LogP contribution >= 0.6 is 0 Å². The van der Waals surface area contributed by atoms with Crippen molar-refractivity contribution in [2.75, 3.05) is 38.1 Å². The van der Waals surface area contributed by atoms with E-state index in [1.807, 2.05) is 0 Å². The van der Waals surface area contributed by atoms with Gasteiger partial charge in [0.05, 0.1) is 12.2 Å². The van der Waals surface area contributed by atoms with E-state index in [9.17, 15) is 9.18 Å². The summed E-state index contributed by atoms with van der Waals surface area (Å²) in [5.41, 5.74) is 0.671. The van der Waals surface area contributed by atoms with E-state index >= 15 is 0 Å². The molecule has 1 N–H and O–H groups in total. The van der Waals surface area contributed by atoms with Gasteiger partial charge in [0.2, 0.25) is 0 Å². The Balaban J connectivity index is 1.63. The second-order valence-corrected chi connectivity index (χ2v) is 6.49. The van der Waals surface area contributed by atoms with E-state index in [0.717, 1.165) is 32.5 Å². The fourth-order valence-corrected chi connectivity index (χ4v) is 3.02. The fraction of sp³-hybridized carbons (Fsp3) is 0.611. The number of nitrogens with one attached hydrogen (secondary N) is 1. The number of morpholine rings is 1. The molecule has 0 aromatic heterocycles. The summed E-state index contributed by atoms with van der Waals surface area (Å²) in [4.78, 5) is 16.0. The third-order valence-corrected chi connectivity index (χ3v) is 4.19. The average molecular weight is 337 g/mol. The molecule has 0 aliphatic carbocycles. The smallest absolute Gasteiger partial charge is 0.321 e. The van der Waals surface area contributed by atoms with Crippen LogP contribution in [0.4, 0.5) is 14.9 Å². The quantitative estimate of drug-likeness (QED) is 0.812. The van der Waals surface area contributed by atoms with E-state index in [2.05, 4.69) is 24.1 Å². The van der Waals surface area contributed by atoms with Crippen molar-refractivity contribution >= 4 is 11.7 Å². The van der Waals surface area contributed by atoms with Crippen molar-refractivity contribution < 1.29 is 13.9 Å². The van der Waals surface area contributed by atoms with Crippen LogP contribution in [0.3, 0.4) is 0 Å². The summed E-state index contributed by atoms with van der Waals surface area (Å²) in [6.45, 7) is 7.83. The van der Waals surface area contributed by atoms with Crippen molar-refractivity contribution in [3.63, 3.8) is 0 Å². The number of hydrogen-bond acceptors (Lipinski definition) is 3. The Kier molecular flexibility index (Phi) is 6.99. The van der Waals surface area contributed by atoms with Crippen LogP contribution in [-0.4, -0.2) is 56.4 Å². The number of benzene rings is 1. The van der Waals surface area contributed by atoms with Crippen molar-refractivity contribution in [2.45, 2.75) is 38.9 Å². The number of carbonyl (C=O) groups excluding carboxylic acids is 1. The molecule has 2 atom stereocenters. The highest BCUT2D eigenvalue weighted by molar-refractivity contribution is 5.91. The van der Waals surface area contributed by atoms with Crippen molar-refractivity contribution in [3.8, 4) is 0 Å². The van der Waals surface area contributed by atoms with E-state index in [0.29, 0.717) is 12.2 Å². The predicted molar refractivity (Wildman–Crippen MR) is 93.9 cm³/mol. The summed E-state index contributed by atoms with van der Waals surface area (Å²) in [5, 5.41) is 2.90. The zero-order chi connectivity index (χ0) is 17.5. The zero-order valence-corrected chi connectivity index (χ0v) is 14.8. The fourth-order valence-electron chi connectivity index (χ4n) is 3.02. The first-order valence-corrected chi connectivity index (χ1v) is 8.60. The minimum Gasteiger partial charge on any atom is -0.373 e. The Morgan fingerprint density at radius 2 is 1.88 bits per heavy atom. The van der Waals surface area contributed by atoms with Crippen LogP contribution in [0.1, 0.15) is 26.7 Å². The van der Waals surface area contributed by atoms with Gasteiger partial charge in [0.15, 0.2) is 0 Å². The summed E-state index contributed by atoms with van der Waals surface area (Å²) in [5.74, 6) is -0.306. The van der Waals surface area contributed by atoms with Crippen LogP contribution in [0.25, 0.3) is 0 Å². The molecule has 134 valence electrons. The van der Waals surface area contributed by atoms with Gasteiger partial charge in [0, 0.05) is 32.4 Å². The van der Waals surface area contributed by atoms with Crippen LogP contribution < -0.4 is 10.2 Å². The predicted octanol–water partition coefficient (Wildman–Crippen LogP) is 2.86. The molecular weight excluding hydrogens is 309 g/mol. The molecule has 5 nitrogen and oxygen atoms in total. The van der Waals surface area contributed by atoms with Gasteiger partial charge >= 0.3 is 6.03 Å². The molecule has 1 saturated heterocycles. The molecule has 0 spiro atoms. The second-order valence-electron chi connectivity index (χ2n) is 6.49. The van der Waals surface area contributed by atoms with E-state index in [1.165, 1.54) is 17.0 Å². The SMILES string of the molecule is C[C@H]1CN(CCCCNC(=O)N(C)c2ccc(F)cc2)C[C@H](C)O1. The molecule has 2 amide bonds. The molecule has 1 heterocycles. The maximum atomic E-state index is 12.9. The molecular formula is C18H28FN3O2. The maximum Gasteiger partial charge on any atom is 0.321 e. The molecule has 24 heavy (non-hydrogen) atoms. The number of urea groups is 1. The molecule has 1 aliphatic heterocycles. The molecule has 0 saturated carbocycles. The highest BCUT2D eigenvalue weighted by atomic mass is 19.1. The minimum absolute atomic E-state index is 0.171. The third-order valence-electron chi connectivity index (χ3n) is 4.19. The van der Waals surface area contributed by atoms with Crippen molar-refractivity contribution in [3.05, 3.63) is 30.1 Å². The number of anilines is 1. The van der Waals surface area contributed by atoms with Crippen molar-refractivity contribution in [1.29, 1.82) is 0 Å². The van der Waals surface area contributed by atoms with Crippen LogP contribution in [0.5, 0.6) is 0 Å². The van der Waals surface area contributed by atoms with Crippen LogP contribution in [0.2, 0.25) is 0 Å². The number of hydrogen-bond donors (Lipinski definition) is 1. The van der Waals surface area contributed by atoms with Crippen LogP contribution in [0.15, 0.2) is 24.3 Å². The largest absolute Gasteiger partial charge is 0.373 e. The monoisotopic (exact) mass is 337 g/mol. The molecule has 1 aromatic carbocycles. The Morgan fingerprint density at radius 1 is 1.25 bits per heavy atom. The Hall–Kier alpha value is -1.66. The summed E-state index contributed by atoms with van der Waals surface area (Å²) in [6, 6.07) is 5.72. The molecule has 0 radical (unpaired) electrons. The van der Waals surface area contributed by atoms with Gasteiger partial charge in [-0.2, -0.15) is 0 Å². The number of rotatable bonds is 6. The zero-order valence-electron chi connectivity index (χ0n) is 14.8. The van der Waals surface area contributed by atoms with Gasteiger partial charge in [-0.25, -0.2) is 9.18 Å². The van der Waals surface area contributed by atoms with Crippen molar-refractivity contribution in [2.24, 2.45) is 0 Å². The standard InChI is InChI=1S/C18H28FN3O2/c1-14-12-22(13-15(2)24-14)11-5-4-10-20-18(23)21(3)17-8-6-16(19)7-9-17/h6-9,14-15H,4-5,10-13H2,1-3H3,(H,20,23)/t14-,15-/m0/s1. The third kappa shape index (κ3) is 5.76. The molecule has 1 aliphatic rings. The topological polar surface area (TPSA) is 44.8 Å². The van der Waals surface area contributed by atoms with Crippen LogP contribution in [0, 0.1) is 5.82 Å². The highest BCUT2D eigenvalue weighted by Gasteiger charge is 2.21. The Bertz CT molecular complexity index is 514. The van der Waals surface area contributed by atoms with Gasteiger partial charge in [-0.3, -0.25) is 9.80 Å². The van der Waals surface area contributed by atoms with E-state index < -0.39 is 0 Å². The minimum atomic E-state index is -0.306. The molecule has 0 bridgehead atoms. The molecule has 6 heteroatoms. The lowest BCUT2D eigenvalue weighted by molar-refractivity contribution is -0.0681. The van der Waals surface area contributed by atoms with E-state index in [1.54, 1.807) is 19.2 Å². The van der Waals surface area contributed by atoms with Gasteiger partial charge in [-0.05, 0) is 57.5 Å². The van der Waals surface area contributed by atoms with Gasteiger partial charge in [0.1, 0.15) is 5.82 Å². The molecule has 1 aromatic rings. The molecule has 1 fully saturated rings. The lowest BCUT2D eigenvalue weighted by Gasteiger charge is -2.35. The first-order chi connectivity index (χ1) is 11.5. The normalized spacial score (nSPS) is 21.5. The van der Waals surface area contributed by atoms with Crippen molar-refractivity contribution in [1.82, 2.24) is 10.2 Å². The van der Waals surface area contributed by atoms with Gasteiger partial charge < -0.3 is 10.1 Å².